The fraction of sp³-hybridized carbons (Fsp3) is 0.600. The molecule has 0 fully saturated rings. The first-order valence-electron chi connectivity index (χ1n) is 4.73. The molecule has 1 rings (SSSR count). The van der Waals surface area contributed by atoms with Gasteiger partial charge >= 0.3 is 0 Å². The monoisotopic (exact) mass is 258 g/mol. The van der Waals surface area contributed by atoms with E-state index in [1.165, 1.54) is 4.68 Å². The smallest absolute Gasteiger partial charge is 0.266 e. The lowest BCUT2D eigenvalue weighted by atomic mass is 9.98. The molecule has 0 aromatic carbocycles. The van der Waals surface area contributed by atoms with Crippen molar-refractivity contribution in [2.75, 3.05) is 5.33 Å². The minimum atomic E-state index is -0.0286. The normalized spacial score (nSPS) is 13.1. The Kier molecular flexibility index (Phi) is 4.32. The van der Waals surface area contributed by atoms with Gasteiger partial charge in [-0.05, 0) is 17.9 Å². The van der Waals surface area contributed by atoms with Gasteiger partial charge in [0.1, 0.15) is 0 Å². The predicted molar refractivity (Wildman–Crippen MR) is 60.6 cm³/mol. The number of aromatic nitrogens is 2. The largest absolute Gasteiger partial charge is 0.268 e. The molecule has 0 bridgehead atoms. The predicted octanol–water partition coefficient (Wildman–Crippen LogP) is 1.91. The van der Waals surface area contributed by atoms with Gasteiger partial charge in [-0.3, -0.25) is 4.79 Å². The van der Waals surface area contributed by atoms with Crippen LogP contribution in [-0.4, -0.2) is 15.1 Å². The molecule has 1 heterocycles. The van der Waals surface area contributed by atoms with Crippen molar-refractivity contribution >= 4 is 15.9 Å². The zero-order valence-electron chi connectivity index (χ0n) is 8.48. The maximum Gasteiger partial charge on any atom is 0.266 e. The first-order chi connectivity index (χ1) is 6.65. The van der Waals surface area contributed by atoms with Gasteiger partial charge in [0.15, 0.2) is 0 Å². The number of halogens is 1. The van der Waals surface area contributed by atoms with E-state index in [0.29, 0.717) is 18.4 Å². The summed E-state index contributed by atoms with van der Waals surface area (Å²) in [5.74, 6) is 0.992. The number of alkyl halides is 1. The van der Waals surface area contributed by atoms with Crippen LogP contribution < -0.4 is 5.56 Å². The molecule has 0 aliphatic heterocycles. The highest BCUT2D eigenvalue weighted by molar-refractivity contribution is 9.09. The van der Waals surface area contributed by atoms with Crippen LogP contribution in [0.3, 0.4) is 0 Å². The van der Waals surface area contributed by atoms with Crippen LogP contribution in [0.4, 0.5) is 0 Å². The van der Waals surface area contributed by atoms with Gasteiger partial charge in [0.05, 0.1) is 0 Å². The molecular formula is C10H15BrN2O. The Bertz CT molecular complexity index is 335. The highest BCUT2D eigenvalue weighted by Crippen LogP contribution is 2.14. The van der Waals surface area contributed by atoms with Crippen molar-refractivity contribution < 1.29 is 0 Å². The Balaban J connectivity index is 2.77. The second kappa shape index (κ2) is 5.29. The van der Waals surface area contributed by atoms with Gasteiger partial charge in [-0.2, -0.15) is 5.10 Å². The molecule has 4 heteroatoms. The van der Waals surface area contributed by atoms with Crippen LogP contribution in [0.2, 0.25) is 0 Å². The van der Waals surface area contributed by atoms with Crippen molar-refractivity contribution in [2.24, 2.45) is 11.8 Å². The molecule has 0 radical (unpaired) electrons. The van der Waals surface area contributed by atoms with Crippen LogP contribution in [0.5, 0.6) is 0 Å². The lowest BCUT2D eigenvalue weighted by Gasteiger charge is -2.18. The molecule has 0 N–H and O–H groups in total. The van der Waals surface area contributed by atoms with Crippen LogP contribution in [0.25, 0.3) is 0 Å². The minimum absolute atomic E-state index is 0.0286. The summed E-state index contributed by atoms with van der Waals surface area (Å²) < 4.78 is 1.52. The first kappa shape index (κ1) is 11.4. The average molecular weight is 259 g/mol. The van der Waals surface area contributed by atoms with E-state index in [4.69, 9.17) is 0 Å². The van der Waals surface area contributed by atoms with Crippen LogP contribution >= 0.6 is 15.9 Å². The molecule has 0 amide bonds. The van der Waals surface area contributed by atoms with Crippen molar-refractivity contribution in [3.05, 3.63) is 28.7 Å². The van der Waals surface area contributed by atoms with Gasteiger partial charge in [0, 0.05) is 24.1 Å². The minimum Gasteiger partial charge on any atom is -0.268 e. The van der Waals surface area contributed by atoms with Gasteiger partial charge < -0.3 is 0 Å². The second-order valence-electron chi connectivity index (χ2n) is 3.70. The Hall–Kier alpha value is -0.640. The number of hydrogen-bond acceptors (Lipinski definition) is 2. The molecule has 14 heavy (non-hydrogen) atoms. The van der Waals surface area contributed by atoms with Gasteiger partial charge in [-0.15, -0.1) is 0 Å². The molecule has 78 valence electrons. The fourth-order valence-corrected chi connectivity index (χ4v) is 2.14. The molecule has 3 nitrogen and oxygen atoms in total. The molecule has 0 spiro atoms. The molecule has 1 unspecified atom stereocenters. The van der Waals surface area contributed by atoms with Gasteiger partial charge in [0.2, 0.25) is 0 Å². The van der Waals surface area contributed by atoms with E-state index in [-0.39, 0.29) is 5.56 Å². The SMILES string of the molecule is CC(C)C(CBr)Cn1ncccc1=O. The maximum atomic E-state index is 11.4. The van der Waals surface area contributed by atoms with Crippen LogP contribution in [0.1, 0.15) is 13.8 Å². The Morgan fingerprint density at radius 3 is 2.79 bits per heavy atom. The van der Waals surface area contributed by atoms with Crippen LogP contribution in [-0.2, 0) is 6.54 Å². The molecule has 1 aromatic rings. The Morgan fingerprint density at radius 2 is 2.29 bits per heavy atom. The summed E-state index contributed by atoms with van der Waals surface area (Å²) in [4.78, 5) is 11.4. The van der Waals surface area contributed by atoms with Crippen molar-refractivity contribution in [1.82, 2.24) is 9.78 Å². The molecule has 0 aliphatic rings. The number of hydrogen-bond donors (Lipinski definition) is 0. The van der Waals surface area contributed by atoms with Crippen LogP contribution in [0, 0.1) is 11.8 Å². The van der Waals surface area contributed by atoms with Crippen molar-refractivity contribution in [3.8, 4) is 0 Å². The third kappa shape index (κ3) is 2.94. The van der Waals surface area contributed by atoms with Gasteiger partial charge in [0.25, 0.3) is 5.56 Å². The molecule has 0 saturated carbocycles. The standard InChI is InChI=1S/C10H15BrN2O/c1-8(2)9(6-11)7-13-10(14)4-3-5-12-13/h3-5,8-9H,6-7H2,1-2H3. The first-order valence-corrected chi connectivity index (χ1v) is 5.85. The summed E-state index contributed by atoms with van der Waals surface area (Å²) in [6.07, 6.45) is 1.65. The molecule has 0 saturated heterocycles. The summed E-state index contributed by atoms with van der Waals surface area (Å²) in [7, 11) is 0. The van der Waals surface area contributed by atoms with Crippen molar-refractivity contribution in [2.45, 2.75) is 20.4 Å². The number of rotatable bonds is 4. The highest BCUT2D eigenvalue weighted by Gasteiger charge is 2.13. The van der Waals surface area contributed by atoms with Crippen LogP contribution in [0.15, 0.2) is 23.1 Å². The molecular weight excluding hydrogens is 244 g/mol. The van der Waals surface area contributed by atoms with E-state index in [2.05, 4.69) is 34.9 Å². The van der Waals surface area contributed by atoms with Crippen molar-refractivity contribution in [1.29, 1.82) is 0 Å². The second-order valence-corrected chi connectivity index (χ2v) is 4.35. The lowest BCUT2D eigenvalue weighted by molar-refractivity contribution is 0.348. The van der Waals surface area contributed by atoms with E-state index in [9.17, 15) is 4.79 Å². The van der Waals surface area contributed by atoms with E-state index in [0.717, 1.165) is 5.33 Å². The topological polar surface area (TPSA) is 34.9 Å². The van der Waals surface area contributed by atoms with Gasteiger partial charge in [-0.25, -0.2) is 4.68 Å². The molecule has 1 atom stereocenters. The summed E-state index contributed by atoms with van der Waals surface area (Å²) >= 11 is 3.46. The zero-order valence-corrected chi connectivity index (χ0v) is 10.1. The highest BCUT2D eigenvalue weighted by atomic mass is 79.9. The maximum absolute atomic E-state index is 11.4. The third-order valence-electron chi connectivity index (χ3n) is 2.33. The van der Waals surface area contributed by atoms with E-state index < -0.39 is 0 Å². The quantitative estimate of drug-likeness (QED) is 0.774. The van der Waals surface area contributed by atoms with E-state index in [1.807, 2.05) is 0 Å². The lowest BCUT2D eigenvalue weighted by Crippen LogP contribution is -2.28. The Morgan fingerprint density at radius 1 is 1.57 bits per heavy atom. The summed E-state index contributed by atoms with van der Waals surface area (Å²) in [5, 5.41) is 4.93. The van der Waals surface area contributed by atoms with Gasteiger partial charge in [-0.1, -0.05) is 29.8 Å². The van der Waals surface area contributed by atoms with E-state index >= 15 is 0 Å². The Labute approximate surface area is 92.3 Å². The molecule has 1 aromatic heterocycles. The number of nitrogens with zero attached hydrogens (tertiary/aromatic N) is 2. The third-order valence-corrected chi connectivity index (χ3v) is 3.17. The van der Waals surface area contributed by atoms with Crippen molar-refractivity contribution in [3.63, 3.8) is 0 Å². The summed E-state index contributed by atoms with van der Waals surface area (Å²) in [6.45, 7) is 4.99. The zero-order chi connectivity index (χ0) is 10.6. The molecule has 0 aliphatic carbocycles. The van der Waals surface area contributed by atoms with E-state index in [1.54, 1.807) is 18.3 Å². The fourth-order valence-electron chi connectivity index (χ4n) is 1.18. The summed E-state index contributed by atoms with van der Waals surface area (Å²) in [5.41, 5.74) is -0.0286. The average Bonchev–Trinajstić information content (AvgIpc) is 2.16. The summed E-state index contributed by atoms with van der Waals surface area (Å²) in [6, 6.07) is 3.20.